The monoisotopic (exact) mass is 473 g/mol. The number of rotatable bonds is 7. The molecule has 1 amide bonds. The fourth-order valence-electron chi connectivity index (χ4n) is 4.27. The molecule has 1 N–H and O–H groups in total. The van der Waals surface area contributed by atoms with E-state index in [9.17, 15) is 13.2 Å². The molecule has 0 saturated carbocycles. The van der Waals surface area contributed by atoms with Crippen LogP contribution in [0.2, 0.25) is 0 Å². The van der Waals surface area contributed by atoms with Crippen LogP contribution in [-0.4, -0.2) is 70.0 Å². The second kappa shape index (κ2) is 10.6. The van der Waals surface area contributed by atoms with Gasteiger partial charge >= 0.3 is 0 Å². The first-order chi connectivity index (χ1) is 16.0. The Hall–Kier alpha value is -2.46. The second-order valence-corrected chi connectivity index (χ2v) is 10.4. The number of sulfonamides is 1. The average molecular weight is 474 g/mol. The molecule has 0 atom stereocenters. The van der Waals surface area contributed by atoms with E-state index < -0.39 is 10.0 Å². The molecule has 2 heterocycles. The van der Waals surface area contributed by atoms with Crippen LogP contribution < -0.4 is 10.1 Å². The van der Waals surface area contributed by atoms with Gasteiger partial charge in [0.25, 0.3) is 0 Å². The van der Waals surface area contributed by atoms with Gasteiger partial charge in [0.05, 0.1) is 25.2 Å². The zero-order valence-corrected chi connectivity index (χ0v) is 19.7. The predicted octanol–water partition coefficient (Wildman–Crippen LogP) is 2.57. The van der Waals surface area contributed by atoms with Crippen molar-refractivity contribution in [2.45, 2.75) is 24.3 Å². The minimum absolute atomic E-state index is 0.0141. The number of carbonyl (C=O) groups excluding carboxylic acids is 1. The van der Waals surface area contributed by atoms with Gasteiger partial charge < -0.3 is 14.8 Å². The highest BCUT2D eigenvalue weighted by molar-refractivity contribution is 7.89. The number of amides is 1. The number of likely N-dealkylation sites (tertiary alicyclic amines) is 1. The van der Waals surface area contributed by atoms with Crippen LogP contribution in [0.1, 0.15) is 18.4 Å². The summed E-state index contributed by atoms with van der Waals surface area (Å²) in [4.78, 5) is 15.3. The van der Waals surface area contributed by atoms with E-state index >= 15 is 0 Å². The third-order valence-corrected chi connectivity index (χ3v) is 8.14. The highest BCUT2D eigenvalue weighted by atomic mass is 32.2. The number of nitrogens with zero attached hydrogens (tertiary/aromatic N) is 2. The maximum atomic E-state index is 12.8. The highest BCUT2D eigenvalue weighted by Gasteiger charge is 2.27. The van der Waals surface area contributed by atoms with Crippen LogP contribution in [0.15, 0.2) is 53.4 Å². The fourth-order valence-corrected chi connectivity index (χ4v) is 5.68. The molecule has 0 aromatic heterocycles. The van der Waals surface area contributed by atoms with Crippen LogP contribution in [0.3, 0.4) is 0 Å². The lowest BCUT2D eigenvalue weighted by molar-refractivity contribution is -0.121. The number of ether oxygens (including phenoxy) is 2. The highest BCUT2D eigenvalue weighted by Crippen LogP contribution is 2.24. The van der Waals surface area contributed by atoms with E-state index in [1.54, 1.807) is 31.4 Å². The number of nitrogens with one attached hydrogen (secondary N) is 1. The standard InChI is InChI=1S/C24H31N3O5S/c1-31-22-4-2-3-19(17-22)18-26-11-9-20(10-12-26)24(28)25-21-5-7-23(8-6-21)33(29,30)27-13-15-32-16-14-27/h2-8,17,20H,9-16,18H2,1H3,(H,25,28). The van der Waals surface area contributed by atoms with Gasteiger partial charge in [0.1, 0.15) is 5.75 Å². The van der Waals surface area contributed by atoms with Gasteiger partial charge in [-0.25, -0.2) is 8.42 Å². The first-order valence-electron chi connectivity index (χ1n) is 11.3. The van der Waals surface area contributed by atoms with Gasteiger partial charge in [-0.2, -0.15) is 4.31 Å². The average Bonchev–Trinajstić information content (AvgIpc) is 2.85. The Morgan fingerprint density at radius 3 is 2.42 bits per heavy atom. The van der Waals surface area contributed by atoms with Gasteiger partial charge in [-0.05, 0) is 67.9 Å². The van der Waals surface area contributed by atoms with Crippen LogP contribution in [0, 0.1) is 5.92 Å². The summed E-state index contributed by atoms with van der Waals surface area (Å²) in [6.07, 6.45) is 1.58. The van der Waals surface area contributed by atoms with E-state index in [4.69, 9.17) is 9.47 Å². The number of piperidine rings is 1. The number of carbonyl (C=O) groups is 1. The lowest BCUT2D eigenvalue weighted by atomic mass is 9.95. The molecule has 4 rings (SSSR count). The molecule has 8 nitrogen and oxygen atoms in total. The quantitative estimate of drug-likeness (QED) is 0.665. The molecular weight excluding hydrogens is 442 g/mol. The Morgan fingerprint density at radius 1 is 1.06 bits per heavy atom. The van der Waals surface area contributed by atoms with Crippen LogP contribution >= 0.6 is 0 Å². The summed E-state index contributed by atoms with van der Waals surface area (Å²) >= 11 is 0. The normalized spacial score (nSPS) is 18.7. The van der Waals surface area contributed by atoms with Crippen LogP contribution in [0.25, 0.3) is 0 Å². The topological polar surface area (TPSA) is 88.2 Å². The van der Waals surface area contributed by atoms with Crippen LogP contribution in [-0.2, 0) is 26.1 Å². The lowest BCUT2D eigenvalue weighted by Gasteiger charge is -2.31. The summed E-state index contributed by atoms with van der Waals surface area (Å²) in [6.45, 7) is 4.08. The SMILES string of the molecule is COc1cccc(CN2CCC(C(=O)Nc3ccc(S(=O)(=O)N4CCOCC4)cc3)CC2)c1. The Balaban J connectivity index is 1.28. The van der Waals surface area contributed by atoms with Gasteiger partial charge in [0.2, 0.25) is 15.9 Å². The summed E-state index contributed by atoms with van der Waals surface area (Å²) in [6, 6.07) is 14.5. The largest absolute Gasteiger partial charge is 0.497 e. The molecule has 2 aliphatic rings. The van der Waals surface area contributed by atoms with Gasteiger partial charge in [0, 0.05) is 31.2 Å². The molecule has 2 aliphatic heterocycles. The first kappa shape index (κ1) is 23.7. The zero-order chi connectivity index (χ0) is 23.3. The Bertz CT molecular complexity index is 1040. The summed E-state index contributed by atoms with van der Waals surface area (Å²) in [5, 5.41) is 2.95. The van der Waals surface area contributed by atoms with E-state index in [-0.39, 0.29) is 16.7 Å². The van der Waals surface area contributed by atoms with Crippen molar-refractivity contribution >= 4 is 21.6 Å². The Kier molecular flexibility index (Phi) is 7.64. The number of methoxy groups -OCH3 is 1. The third-order valence-electron chi connectivity index (χ3n) is 6.23. The van der Waals surface area contributed by atoms with Crippen LogP contribution in [0.5, 0.6) is 5.75 Å². The molecule has 0 bridgehead atoms. The number of morpholine rings is 1. The minimum atomic E-state index is -3.54. The molecule has 9 heteroatoms. The van der Waals surface area contributed by atoms with E-state index in [1.165, 1.54) is 9.87 Å². The number of anilines is 1. The van der Waals surface area contributed by atoms with Crippen molar-refractivity contribution in [3.8, 4) is 5.75 Å². The molecular formula is C24H31N3O5S. The Morgan fingerprint density at radius 2 is 1.76 bits per heavy atom. The fraction of sp³-hybridized carbons (Fsp3) is 0.458. The molecule has 0 spiro atoms. The summed E-state index contributed by atoms with van der Waals surface area (Å²) < 4.78 is 37.4. The number of hydrogen-bond donors (Lipinski definition) is 1. The molecule has 33 heavy (non-hydrogen) atoms. The van der Waals surface area contributed by atoms with Gasteiger partial charge in [-0.3, -0.25) is 9.69 Å². The van der Waals surface area contributed by atoms with Crippen molar-refractivity contribution < 1.29 is 22.7 Å². The van der Waals surface area contributed by atoms with Gasteiger partial charge in [-0.1, -0.05) is 12.1 Å². The van der Waals surface area contributed by atoms with Gasteiger partial charge in [0.15, 0.2) is 0 Å². The van der Waals surface area contributed by atoms with Crippen molar-refractivity contribution in [2.75, 3.05) is 51.8 Å². The van der Waals surface area contributed by atoms with E-state index in [1.807, 2.05) is 18.2 Å². The summed E-state index contributed by atoms with van der Waals surface area (Å²) in [7, 11) is -1.87. The van der Waals surface area contributed by atoms with Crippen molar-refractivity contribution in [2.24, 2.45) is 5.92 Å². The first-order valence-corrected chi connectivity index (χ1v) is 12.7. The minimum Gasteiger partial charge on any atom is -0.497 e. The second-order valence-electron chi connectivity index (χ2n) is 8.43. The van der Waals surface area contributed by atoms with Crippen molar-refractivity contribution in [3.63, 3.8) is 0 Å². The van der Waals surface area contributed by atoms with E-state index in [0.29, 0.717) is 32.0 Å². The maximum absolute atomic E-state index is 12.8. The predicted molar refractivity (Wildman–Crippen MR) is 126 cm³/mol. The lowest BCUT2D eigenvalue weighted by Crippen LogP contribution is -2.40. The molecule has 2 saturated heterocycles. The van der Waals surface area contributed by atoms with E-state index in [2.05, 4.69) is 16.3 Å². The third kappa shape index (κ3) is 5.92. The smallest absolute Gasteiger partial charge is 0.243 e. The zero-order valence-electron chi connectivity index (χ0n) is 18.9. The molecule has 0 aliphatic carbocycles. The maximum Gasteiger partial charge on any atom is 0.243 e. The van der Waals surface area contributed by atoms with Crippen molar-refractivity contribution in [1.82, 2.24) is 9.21 Å². The molecule has 0 radical (unpaired) electrons. The molecule has 0 unspecified atom stereocenters. The van der Waals surface area contributed by atoms with Crippen molar-refractivity contribution in [1.29, 1.82) is 0 Å². The number of benzene rings is 2. The Labute approximate surface area is 195 Å². The molecule has 2 aromatic carbocycles. The molecule has 2 aromatic rings. The van der Waals surface area contributed by atoms with Gasteiger partial charge in [-0.15, -0.1) is 0 Å². The van der Waals surface area contributed by atoms with Crippen LogP contribution in [0.4, 0.5) is 5.69 Å². The van der Waals surface area contributed by atoms with E-state index in [0.717, 1.165) is 38.2 Å². The summed E-state index contributed by atoms with van der Waals surface area (Å²) in [5.74, 6) is 0.786. The number of hydrogen-bond acceptors (Lipinski definition) is 6. The summed E-state index contributed by atoms with van der Waals surface area (Å²) in [5.41, 5.74) is 1.81. The molecule has 2 fully saturated rings. The molecule has 178 valence electrons. The van der Waals surface area contributed by atoms with Crippen molar-refractivity contribution in [3.05, 3.63) is 54.1 Å².